The van der Waals surface area contributed by atoms with Crippen LogP contribution in [0.3, 0.4) is 0 Å². The van der Waals surface area contributed by atoms with Gasteiger partial charge in [0.25, 0.3) is 0 Å². The van der Waals surface area contributed by atoms with E-state index >= 15 is 0 Å². The van der Waals surface area contributed by atoms with Crippen molar-refractivity contribution >= 4 is 0 Å². The number of hydrogen-bond acceptors (Lipinski definition) is 3. The van der Waals surface area contributed by atoms with E-state index in [1.807, 2.05) is 18.2 Å². The highest BCUT2D eigenvalue weighted by Crippen LogP contribution is 2.44. The second-order valence-corrected chi connectivity index (χ2v) is 7.50. The Balaban J connectivity index is 1.97. The van der Waals surface area contributed by atoms with Crippen LogP contribution in [0.5, 0.6) is 0 Å². The molecule has 3 nitrogen and oxygen atoms in total. The van der Waals surface area contributed by atoms with Crippen LogP contribution in [0.15, 0.2) is 103 Å². The molecule has 0 aromatic heterocycles. The Kier molecular flexibility index (Phi) is 5.91. The predicted octanol–water partition coefficient (Wildman–Crippen LogP) is 3.96. The molecular weight excluding hydrogens is 358 g/mol. The van der Waals surface area contributed by atoms with E-state index in [2.05, 4.69) is 77.7 Å². The van der Waals surface area contributed by atoms with Crippen molar-refractivity contribution < 1.29 is 10.2 Å². The number of piperidine rings is 1. The summed E-state index contributed by atoms with van der Waals surface area (Å²) in [5.74, 6) is 0. The maximum atomic E-state index is 10.5. The Morgan fingerprint density at radius 2 is 1.24 bits per heavy atom. The Morgan fingerprint density at radius 3 is 1.66 bits per heavy atom. The van der Waals surface area contributed by atoms with Crippen LogP contribution in [0.2, 0.25) is 0 Å². The summed E-state index contributed by atoms with van der Waals surface area (Å²) >= 11 is 0. The van der Waals surface area contributed by atoms with Gasteiger partial charge < -0.3 is 10.2 Å². The lowest BCUT2D eigenvalue weighted by atomic mass is 9.74. The third-order valence-electron chi connectivity index (χ3n) is 5.88. The summed E-state index contributed by atoms with van der Waals surface area (Å²) in [4.78, 5) is 2.43. The molecular formula is C26H27NO2. The van der Waals surface area contributed by atoms with Crippen molar-refractivity contribution in [3.63, 3.8) is 0 Å². The lowest BCUT2D eigenvalue weighted by Gasteiger charge is -2.48. The van der Waals surface area contributed by atoms with Crippen LogP contribution in [0.4, 0.5) is 0 Å². The van der Waals surface area contributed by atoms with Crippen LogP contribution >= 0.6 is 0 Å². The molecule has 0 aliphatic carbocycles. The summed E-state index contributed by atoms with van der Waals surface area (Å²) < 4.78 is 0. The van der Waals surface area contributed by atoms with Crippen molar-refractivity contribution in [1.29, 1.82) is 0 Å². The number of aliphatic hydroxyl groups excluding tert-OH is 2. The van der Waals surface area contributed by atoms with Gasteiger partial charge in [-0.25, -0.2) is 0 Å². The number of benzene rings is 3. The summed E-state index contributed by atoms with van der Waals surface area (Å²) in [6.07, 6.45) is 1.89. The van der Waals surface area contributed by atoms with Gasteiger partial charge in [-0.1, -0.05) is 97.1 Å². The van der Waals surface area contributed by atoms with Crippen molar-refractivity contribution in [3.8, 4) is 0 Å². The molecule has 0 amide bonds. The first-order chi connectivity index (χ1) is 14.3. The number of likely N-dealkylation sites (tertiary alicyclic amines) is 1. The topological polar surface area (TPSA) is 43.7 Å². The van der Waals surface area contributed by atoms with Crippen molar-refractivity contribution in [2.45, 2.75) is 18.1 Å². The molecule has 1 heterocycles. The minimum Gasteiger partial charge on any atom is -0.392 e. The summed E-state index contributed by atoms with van der Waals surface area (Å²) in [5.41, 5.74) is 3.97. The van der Waals surface area contributed by atoms with Gasteiger partial charge in [0.2, 0.25) is 0 Å². The average molecular weight is 386 g/mol. The summed E-state index contributed by atoms with van der Waals surface area (Å²) in [7, 11) is 0. The maximum absolute atomic E-state index is 10.5. The fourth-order valence-electron chi connectivity index (χ4n) is 4.56. The molecule has 0 bridgehead atoms. The zero-order valence-electron chi connectivity index (χ0n) is 16.5. The first kappa shape index (κ1) is 19.6. The molecule has 148 valence electrons. The van der Waals surface area contributed by atoms with E-state index in [1.165, 1.54) is 16.7 Å². The highest BCUT2D eigenvalue weighted by atomic mass is 16.3. The van der Waals surface area contributed by atoms with E-state index in [-0.39, 0.29) is 6.61 Å². The Hall–Kier alpha value is -2.72. The van der Waals surface area contributed by atoms with Gasteiger partial charge in [0, 0.05) is 13.1 Å². The average Bonchev–Trinajstić information content (AvgIpc) is 2.79. The quantitative estimate of drug-likeness (QED) is 0.516. The number of aliphatic hydroxyl groups is 2. The lowest BCUT2D eigenvalue weighted by Crippen LogP contribution is -2.53. The number of rotatable bonds is 5. The Bertz CT molecular complexity index is 842. The third-order valence-corrected chi connectivity index (χ3v) is 5.88. The van der Waals surface area contributed by atoms with E-state index in [0.29, 0.717) is 13.0 Å². The van der Waals surface area contributed by atoms with Gasteiger partial charge in [-0.3, -0.25) is 4.90 Å². The molecule has 1 atom stereocenters. The minimum absolute atomic E-state index is 0.0603. The molecule has 1 aliphatic rings. The van der Waals surface area contributed by atoms with Gasteiger partial charge in [-0.05, 0) is 28.7 Å². The highest BCUT2D eigenvalue weighted by Gasteiger charge is 2.43. The van der Waals surface area contributed by atoms with Crippen molar-refractivity contribution in [3.05, 3.63) is 119 Å². The highest BCUT2D eigenvalue weighted by molar-refractivity contribution is 5.50. The minimum atomic E-state index is -0.501. The van der Waals surface area contributed by atoms with E-state index in [4.69, 9.17) is 0 Å². The Morgan fingerprint density at radius 1 is 0.793 bits per heavy atom. The summed E-state index contributed by atoms with van der Waals surface area (Å²) in [6, 6.07) is 31.7. The van der Waals surface area contributed by atoms with Gasteiger partial charge in [-0.2, -0.15) is 0 Å². The summed E-state index contributed by atoms with van der Waals surface area (Å²) in [6.45, 7) is 1.29. The molecule has 3 heteroatoms. The monoisotopic (exact) mass is 385 g/mol. The molecule has 1 fully saturated rings. The van der Waals surface area contributed by atoms with E-state index < -0.39 is 11.6 Å². The van der Waals surface area contributed by atoms with Crippen LogP contribution in [0.25, 0.3) is 0 Å². The fourth-order valence-corrected chi connectivity index (χ4v) is 4.56. The van der Waals surface area contributed by atoms with E-state index in [0.717, 1.165) is 12.1 Å². The molecule has 0 spiro atoms. The molecule has 0 radical (unpaired) electrons. The van der Waals surface area contributed by atoms with Gasteiger partial charge >= 0.3 is 0 Å². The van der Waals surface area contributed by atoms with Gasteiger partial charge in [0.1, 0.15) is 0 Å². The largest absolute Gasteiger partial charge is 0.392 e. The van der Waals surface area contributed by atoms with Crippen molar-refractivity contribution in [2.24, 2.45) is 0 Å². The van der Waals surface area contributed by atoms with E-state index in [1.54, 1.807) is 6.08 Å². The SMILES string of the molecule is OC/C=C1/CN(C(c2ccccc2)(c2ccccc2)c2ccccc2)CCC1O. The number of hydrogen-bond donors (Lipinski definition) is 2. The van der Waals surface area contributed by atoms with Crippen LogP contribution < -0.4 is 0 Å². The Labute approximate surface area is 172 Å². The second-order valence-electron chi connectivity index (χ2n) is 7.50. The van der Waals surface area contributed by atoms with Crippen molar-refractivity contribution in [1.82, 2.24) is 4.90 Å². The first-order valence-electron chi connectivity index (χ1n) is 10.2. The molecule has 1 saturated heterocycles. The normalized spacial score (nSPS) is 19.4. The predicted molar refractivity (Wildman–Crippen MR) is 117 cm³/mol. The van der Waals surface area contributed by atoms with Crippen molar-refractivity contribution in [2.75, 3.05) is 19.7 Å². The molecule has 3 aromatic carbocycles. The summed E-state index contributed by atoms with van der Waals surface area (Å²) in [5, 5.41) is 20.0. The molecule has 29 heavy (non-hydrogen) atoms. The molecule has 4 rings (SSSR count). The zero-order chi connectivity index (χ0) is 20.1. The zero-order valence-corrected chi connectivity index (χ0v) is 16.5. The molecule has 1 unspecified atom stereocenters. The third kappa shape index (κ3) is 3.65. The van der Waals surface area contributed by atoms with E-state index in [9.17, 15) is 10.2 Å². The smallest absolute Gasteiger partial charge is 0.0975 e. The standard InChI is InChI=1S/C26H27NO2/c28-19-17-21-20-27(18-16-25(21)29)26(22-10-4-1-5-11-22,23-12-6-2-7-13-23)24-14-8-3-9-15-24/h1-15,17,25,28-29H,16,18-20H2/b21-17-. The lowest BCUT2D eigenvalue weighted by molar-refractivity contribution is 0.0852. The fraction of sp³-hybridized carbons (Fsp3) is 0.231. The van der Waals surface area contributed by atoms with Crippen LogP contribution in [0, 0.1) is 0 Å². The first-order valence-corrected chi connectivity index (χ1v) is 10.2. The van der Waals surface area contributed by atoms with Crippen LogP contribution in [-0.2, 0) is 5.54 Å². The van der Waals surface area contributed by atoms with Gasteiger partial charge in [0.15, 0.2) is 0 Å². The number of nitrogens with zero attached hydrogens (tertiary/aromatic N) is 1. The van der Waals surface area contributed by atoms with Gasteiger partial charge in [-0.15, -0.1) is 0 Å². The molecule has 3 aromatic rings. The molecule has 1 aliphatic heterocycles. The van der Waals surface area contributed by atoms with Crippen LogP contribution in [0.1, 0.15) is 23.1 Å². The van der Waals surface area contributed by atoms with Crippen LogP contribution in [-0.4, -0.2) is 40.9 Å². The molecule has 2 N–H and O–H groups in total. The second kappa shape index (κ2) is 8.75. The molecule has 0 saturated carbocycles. The van der Waals surface area contributed by atoms with Gasteiger partial charge in [0.05, 0.1) is 18.2 Å². The maximum Gasteiger partial charge on any atom is 0.0975 e.